The lowest BCUT2D eigenvalue weighted by Gasteiger charge is -2.28. The number of rotatable bonds is 1. The molecule has 0 radical (unpaired) electrons. The molecule has 0 heterocycles. The van der Waals surface area contributed by atoms with E-state index in [4.69, 9.17) is 0 Å². The van der Waals surface area contributed by atoms with Crippen LogP contribution in [0.15, 0.2) is 36.4 Å². The standard InChI is InChI=1S/C19H22O2/c1-12-9-15-16(10-17(12)21)19(4,11-18(15,2)3)13-5-7-14(20)8-6-13/h5-10,20-21H,11H2,1-4H3. The van der Waals surface area contributed by atoms with Gasteiger partial charge in [0, 0.05) is 5.41 Å². The van der Waals surface area contributed by atoms with Crippen molar-refractivity contribution in [2.24, 2.45) is 0 Å². The summed E-state index contributed by atoms with van der Waals surface area (Å²) in [5.74, 6) is 0.642. The number of fused-ring (bicyclic) bond motifs is 1. The molecule has 0 bridgehead atoms. The molecule has 2 heteroatoms. The summed E-state index contributed by atoms with van der Waals surface area (Å²) >= 11 is 0. The van der Waals surface area contributed by atoms with E-state index in [1.807, 2.05) is 25.1 Å². The molecule has 1 aliphatic carbocycles. The van der Waals surface area contributed by atoms with Crippen molar-refractivity contribution in [2.45, 2.75) is 44.9 Å². The number of aromatic hydroxyl groups is 2. The second-order valence-corrected chi connectivity index (χ2v) is 7.12. The maximum atomic E-state index is 10.1. The Morgan fingerprint density at radius 2 is 1.52 bits per heavy atom. The van der Waals surface area contributed by atoms with Gasteiger partial charge in [-0.15, -0.1) is 0 Å². The molecule has 2 nitrogen and oxygen atoms in total. The Morgan fingerprint density at radius 3 is 2.14 bits per heavy atom. The van der Waals surface area contributed by atoms with Crippen LogP contribution >= 0.6 is 0 Å². The Labute approximate surface area is 126 Å². The molecule has 2 N–H and O–H groups in total. The first-order chi connectivity index (χ1) is 9.74. The average molecular weight is 282 g/mol. The SMILES string of the molecule is Cc1cc2c(cc1O)C(C)(c1ccc(O)cc1)CC2(C)C. The smallest absolute Gasteiger partial charge is 0.118 e. The fraction of sp³-hybridized carbons (Fsp3) is 0.368. The molecule has 2 aromatic rings. The summed E-state index contributed by atoms with van der Waals surface area (Å²) in [6.07, 6.45) is 0.989. The molecule has 0 aromatic heterocycles. The van der Waals surface area contributed by atoms with Crippen LogP contribution < -0.4 is 0 Å². The summed E-state index contributed by atoms with van der Waals surface area (Å²) in [6, 6.07) is 11.5. The molecule has 1 aliphatic rings. The van der Waals surface area contributed by atoms with E-state index in [1.54, 1.807) is 12.1 Å². The van der Waals surface area contributed by atoms with Crippen LogP contribution in [0.3, 0.4) is 0 Å². The van der Waals surface area contributed by atoms with Crippen LogP contribution in [-0.2, 0) is 10.8 Å². The lowest BCUT2D eigenvalue weighted by Crippen LogP contribution is -2.23. The van der Waals surface area contributed by atoms with Crippen molar-refractivity contribution in [3.05, 3.63) is 58.7 Å². The first kappa shape index (κ1) is 14.0. The van der Waals surface area contributed by atoms with E-state index in [1.165, 1.54) is 16.7 Å². The highest BCUT2D eigenvalue weighted by Crippen LogP contribution is 2.54. The van der Waals surface area contributed by atoms with Gasteiger partial charge in [0.25, 0.3) is 0 Å². The van der Waals surface area contributed by atoms with Gasteiger partial charge in [-0.3, -0.25) is 0 Å². The molecule has 110 valence electrons. The second kappa shape index (κ2) is 4.27. The van der Waals surface area contributed by atoms with Gasteiger partial charge in [0.1, 0.15) is 11.5 Å². The Bertz CT molecular complexity index is 698. The van der Waals surface area contributed by atoms with E-state index in [9.17, 15) is 10.2 Å². The Balaban J connectivity index is 2.24. The zero-order valence-corrected chi connectivity index (χ0v) is 13.1. The zero-order valence-electron chi connectivity index (χ0n) is 13.1. The van der Waals surface area contributed by atoms with Crippen molar-refractivity contribution in [3.8, 4) is 11.5 Å². The molecule has 1 atom stereocenters. The maximum Gasteiger partial charge on any atom is 0.118 e. The highest BCUT2D eigenvalue weighted by Gasteiger charge is 2.46. The first-order valence-corrected chi connectivity index (χ1v) is 7.38. The first-order valence-electron chi connectivity index (χ1n) is 7.38. The van der Waals surface area contributed by atoms with Gasteiger partial charge < -0.3 is 10.2 Å². The molecule has 0 spiro atoms. The van der Waals surface area contributed by atoms with Gasteiger partial charge in [-0.2, -0.15) is 0 Å². The third-order valence-electron chi connectivity index (χ3n) is 4.96. The average Bonchev–Trinajstić information content (AvgIpc) is 2.59. The largest absolute Gasteiger partial charge is 0.508 e. The third kappa shape index (κ3) is 2.01. The molecule has 0 fully saturated rings. The monoisotopic (exact) mass is 282 g/mol. The Kier molecular flexibility index (Phi) is 2.84. The Morgan fingerprint density at radius 1 is 0.905 bits per heavy atom. The topological polar surface area (TPSA) is 40.5 Å². The van der Waals surface area contributed by atoms with Crippen LogP contribution in [-0.4, -0.2) is 10.2 Å². The molecule has 1 unspecified atom stereocenters. The van der Waals surface area contributed by atoms with Gasteiger partial charge in [-0.05, 0) is 59.2 Å². The van der Waals surface area contributed by atoms with Crippen LogP contribution in [0.25, 0.3) is 0 Å². The fourth-order valence-corrected chi connectivity index (χ4v) is 3.87. The summed E-state index contributed by atoms with van der Waals surface area (Å²) in [5, 5.41) is 19.7. The van der Waals surface area contributed by atoms with Crippen LogP contribution in [0, 0.1) is 6.92 Å². The van der Waals surface area contributed by atoms with Crippen molar-refractivity contribution in [1.82, 2.24) is 0 Å². The number of aryl methyl sites for hydroxylation is 1. The summed E-state index contributed by atoms with van der Waals surface area (Å²) in [7, 11) is 0. The second-order valence-electron chi connectivity index (χ2n) is 7.12. The molecular formula is C19H22O2. The van der Waals surface area contributed by atoms with Crippen molar-refractivity contribution >= 4 is 0 Å². The van der Waals surface area contributed by atoms with Crippen LogP contribution in [0.2, 0.25) is 0 Å². The van der Waals surface area contributed by atoms with E-state index in [2.05, 4.69) is 26.8 Å². The minimum atomic E-state index is -0.141. The van der Waals surface area contributed by atoms with Gasteiger partial charge in [-0.1, -0.05) is 39.0 Å². The quantitative estimate of drug-likeness (QED) is 0.814. The summed E-state index contributed by atoms with van der Waals surface area (Å²) in [6.45, 7) is 8.69. The number of phenolic OH excluding ortho intramolecular Hbond substituents is 2. The molecule has 21 heavy (non-hydrogen) atoms. The van der Waals surface area contributed by atoms with Crippen molar-refractivity contribution in [2.75, 3.05) is 0 Å². The minimum Gasteiger partial charge on any atom is -0.508 e. The van der Waals surface area contributed by atoms with E-state index in [0.717, 1.165) is 12.0 Å². The van der Waals surface area contributed by atoms with Crippen molar-refractivity contribution in [1.29, 1.82) is 0 Å². The minimum absolute atomic E-state index is 0.0699. The lowest BCUT2D eigenvalue weighted by atomic mass is 9.75. The highest BCUT2D eigenvalue weighted by atomic mass is 16.3. The summed E-state index contributed by atoms with van der Waals surface area (Å²) in [4.78, 5) is 0. The predicted octanol–water partition coefficient (Wildman–Crippen LogP) is 4.39. The van der Waals surface area contributed by atoms with Crippen molar-refractivity contribution in [3.63, 3.8) is 0 Å². The highest BCUT2D eigenvalue weighted by molar-refractivity contribution is 5.56. The number of hydrogen-bond acceptors (Lipinski definition) is 2. The maximum absolute atomic E-state index is 10.1. The van der Waals surface area contributed by atoms with Gasteiger partial charge in [0.2, 0.25) is 0 Å². The molecule has 2 aromatic carbocycles. The van der Waals surface area contributed by atoms with E-state index >= 15 is 0 Å². The molecular weight excluding hydrogens is 260 g/mol. The third-order valence-corrected chi connectivity index (χ3v) is 4.96. The van der Waals surface area contributed by atoms with Gasteiger partial charge >= 0.3 is 0 Å². The summed E-state index contributed by atoms with van der Waals surface area (Å²) < 4.78 is 0. The molecule has 3 rings (SSSR count). The van der Waals surface area contributed by atoms with Gasteiger partial charge in [0.15, 0.2) is 0 Å². The fourth-order valence-electron chi connectivity index (χ4n) is 3.87. The zero-order chi connectivity index (χ0) is 15.4. The number of benzene rings is 2. The number of phenols is 2. The van der Waals surface area contributed by atoms with Gasteiger partial charge in [0.05, 0.1) is 0 Å². The van der Waals surface area contributed by atoms with Gasteiger partial charge in [-0.25, -0.2) is 0 Å². The van der Waals surface area contributed by atoms with Crippen LogP contribution in [0.1, 0.15) is 49.4 Å². The Hall–Kier alpha value is -1.96. The van der Waals surface area contributed by atoms with E-state index in [0.29, 0.717) is 5.75 Å². The molecule has 0 amide bonds. The summed E-state index contributed by atoms with van der Waals surface area (Å²) in [5.41, 5.74) is 4.54. The predicted molar refractivity (Wildman–Crippen MR) is 85.0 cm³/mol. The van der Waals surface area contributed by atoms with Crippen LogP contribution in [0.4, 0.5) is 0 Å². The van der Waals surface area contributed by atoms with E-state index in [-0.39, 0.29) is 16.6 Å². The van der Waals surface area contributed by atoms with E-state index < -0.39 is 0 Å². The van der Waals surface area contributed by atoms with Crippen molar-refractivity contribution < 1.29 is 10.2 Å². The molecule has 0 aliphatic heterocycles. The number of hydrogen-bond donors (Lipinski definition) is 2. The molecule has 0 saturated heterocycles. The normalized spacial score (nSPS) is 23.0. The van der Waals surface area contributed by atoms with Crippen LogP contribution in [0.5, 0.6) is 11.5 Å². The molecule has 0 saturated carbocycles. The lowest BCUT2D eigenvalue weighted by molar-refractivity contribution is 0.423.